The molecule has 0 unspecified atom stereocenters. The third-order valence-electron chi connectivity index (χ3n) is 3.54. The van der Waals surface area contributed by atoms with E-state index in [1.54, 1.807) is 0 Å². The summed E-state index contributed by atoms with van der Waals surface area (Å²) in [4.78, 5) is 0. The number of benzene rings is 2. The first-order chi connectivity index (χ1) is 10.5. The molecule has 0 bridgehead atoms. The topological polar surface area (TPSA) is 18.5 Å². The second-order valence-corrected chi connectivity index (χ2v) is 9.45. The van der Waals surface area contributed by atoms with E-state index in [1.165, 1.54) is 0 Å². The Hall–Kier alpha value is -1.24. The van der Waals surface area contributed by atoms with Crippen LogP contribution in [0.4, 0.5) is 0 Å². The Morgan fingerprint density at radius 3 is 1.73 bits per heavy atom. The molecule has 0 spiro atoms. The quantitative estimate of drug-likeness (QED) is 0.552. The van der Waals surface area contributed by atoms with Crippen LogP contribution in [0.15, 0.2) is 48.5 Å². The van der Waals surface area contributed by atoms with Gasteiger partial charge in [-0.2, -0.15) is 0 Å². The Labute approximate surface area is 138 Å². The average Bonchev–Trinajstić information content (AvgIpc) is 2.50. The molecule has 2 aromatic carbocycles. The summed E-state index contributed by atoms with van der Waals surface area (Å²) < 4.78 is 12.4. The van der Waals surface area contributed by atoms with Crippen molar-refractivity contribution >= 4 is 18.3 Å². The van der Waals surface area contributed by atoms with Crippen molar-refractivity contribution in [3.63, 3.8) is 0 Å². The molecule has 0 aliphatic rings. The number of hydrogen-bond acceptors (Lipinski definition) is 2. The molecule has 0 N–H and O–H groups in total. The number of aryl methyl sites for hydroxylation is 2. The van der Waals surface area contributed by atoms with E-state index in [9.17, 15) is 0 Å². The van der Waals surface area contributed by atoms with E-state index >= 15 is 0 Å². The fraction of sp³-hybridized carbons (Fsp3) is 0.333. The van der Waals surface area contributed by atoms with Gasteiger partial charge in [-0.3, -0.25) is 0 Å². The van der Waals surface area contributed by atoms with Crippen LogP contribution in [-0.4, -0.2) is 6.16 Å². The Morgan fingerprint density at radius 1 is 0.864 bits per heavy atom. The predicted molar refractivity (Wildman–Crippen MR) is 97.6 cm³/mol. The van der Waals surface area contributed by atoms with Gasteiger partial charge in [0.15, 0.2) is 0 Å². The molecule has 0 aliphatic carbocycles. The summed E-state index contributed by atoms with van der Waals surface area (Å²) in [6, 6.07) is 15.9. The van der Waals surface area contributed by atoms with Crippen molar-refractivity contribution in [2.45, 2.75) is 33.6 Å². The molecule has 0 aliphatic heterocycles. The van der Waals surface area contributed by atoms with Crippen molar-refractivity contribution in [3.05, 3.63) is 59.7 Å². The summed E-state index contributed by atoms with van der Waals surface area (Å²) in [5.74, 6) is 1.63. The number of hydrogen-bond donors (Lipinski definition) is 0. The molecule has 0 amide bonds. The molecule has 0 aromatic heterocycles. The minimum atomic E-state index is -2.84. The molecule has 0 fully saturated rings. The minimum absolute atomic E-state index is 0.758. The van der Waals surface area contributed by atoms with Gasteiger partial charge in [0.05, 0.1) is 0 Å². The molecular formula is C18H24ClO2P. The second-order valence-electron chi connectivity index (χ2n) is 5.50. The first-order valence-electron chi connectivity index (χ1n) is 7.72. The normalized spacial score (nSPS) is 12.0. The number of rotatable bonds is 7. The van der Waals surface area contributed by atoms with Crippen molar-refractivity contribution in [1.29, 1.82) is 0 Å². The SMILES string of the molecule is CCCC[PH](Cl)(Oc1ccccc1C)Oc1ccccc1C. The van der Waals surface area contributed by atoms with E-state index in [0.717, 1.165) is 41.6 Å². The molecule has 0 saturated heterocycles. The zero-order chi connectivity index (χ0) is 16.0. The van der Waals surface area contributed by atoms with Crippen LogP contribution in [0.5, 0.6) is 11.5 Å². The summed E-state index contributed by atoms with van der Waals surface area (Å²) in [6.45, 7) is 6.19. The Morgan fingerprint density at radius 2 is 1.32 bits per heavy atom. The van der Waals surface area contributed by atoms with Gasteiger partial charge in [0, 0.05) is 0 Å². The van der Waals surface area contributed by atoms with Crippen LogP contribution in [0.2, 0.25) is 0 Å². The molecular weight excluding hydrogens is 315 g/mol. The van der Waals surface area contributed by atoms with Crippen LogP contribution in [0, 0.1) is 13.8 Å². The van der Waals surface area contributed by atoms with Gasteiger partial charge in [-0.05, 0) is 0 Å². The summed E-state index contributed by atoms with van der Waals surface area (Å²) in [5, 5.41) is 0. The summed E-state index contributed by atoms with van der Waals surface area (Å²) in [7, 11) is -2.84. The fourth-order valence-corrected chi connectivity index (χ4v) is 5.22. The van der Waals surface area contributed by atoms with Crippen LogP contribution in [-0.2, 0) is 0 Å². The standard InChI is InChI=1S/C18H24ClO2P/c1-4-5-14-22(19,20-17-12-8-6-10-15(17)2)21-18-13-9-7-11-16(18)3/h6-13,22H,4-5,14H2,1-3H3. The van der Waals surface area contributed by atoms with Gasteiger partial charge in [0.1, 0.15) is 0 Å². The molecule has 120 valence electrons. The maximum absolute atomic E-state index is 6.83. The van der Waals surface area contributed by atoms with E-state index < -0.39 is 7.07 Å². The second kappa shape index (κ2) is 7.85. The van der Waals surface area contributed by atoms with E-state index in [1.807, 2.05) is 62.4 Å². The van der Waals surface area contributed by atoms with Crippen LogP contribution in [0.25, 0.3) is 0 Å². The first-order valence-corrected chi connectivity index (χ1v) is 10.8. The van der Waals surface area contributed by atoms with Crippen LogP contribution < -0.4 is 9.05 Å². The van der Waals surface area contributed by atoms with Gasteiger partial charge in [-0.25, -0.2) is 0 Å². The van der Waals surface area contributed by atoms with E-state index in [0.29, 0.717) is 0 Å². The van der Waals surface area contributed by atoms with E-state index in [-0.39, 0.29) is 0 Å². The van der Waals surface area contributed by atoms with E-state index in [4.69, 9.17) is 20.3 Å². The van der Waals surface area contributed by atoms with Gasteiger partial charge in [-0.15, -0.1) is 0 Å². The average molecular weight is 339 g/mol. The zero-order valence-electron chi connectivity index (χ0n) is 13.4. The molecule has 2 rings (SSSR count). The molecule has 2 aromatic rings. The van der Waals surface area contributed by atoms with Crippen molar-refractivity contribution < 1.29 is 9.05 Å². The maximum atomic E-state index is 6.83. The van der Waals surface area contributed by atoms with Gasteiger partial charge >= 0.3 is 138 Å². The molecule has 0 radical (unpaired) electrons. The van der Waals surface area contributed by atoms with E-state index in [2.05, 4.69) is 6.92 Å². The number of unbranched alkanes of at least 4 members (excludes halogenated alkanes) is 1. The molecule has 0 heterocycles. The van der Waals surface area contributed by atoms with Gasteiger partial charge < -0.3 is 0 Å². The third-order valence-corrected chi connectivity index (χ3v) is 6.57. The van der Waals surface area contributed by atoms with Crippen LogP contribution in [0.1, 0.15) is 30.9 Å². The predicted octanol–water partition coefficient (Wildman–Crippen LogP) is 6.30. The number of para-hydroxylation sites is 2. The van der Waals surface area contributed by atoms with Gasteiger partial charge in [-0.1, -0.05) is 0 Å². The molecule has 0 saturated carbocycles. The van der Waals surface area contributed by atoms with Gasteiger partial charge in [0.2, 0.25) is 0 Å². The van der Waals surface area contributed by atoms with Crippen molar-refractivity contribution in [3.8, 4) is 11.5 Å². The number of halogens is 1. The summed E-state index contributed by atoms with van der Waals surface area (Å²) in [6.07, 6.45) is 2.82. The molecule has 22 heavy (non-hydrogen) atoms. The van der Waals surface area contributed by atoms with Crippen molar-refractivity contribution in [2.75, 3.05) is 6.16 Å². The zero-order valence-corrected chi connectivity index (χ0v) is 15.2. The Balaban J connectivity index is 2.23. The third kappa shape index (κ3) is 4.63. The molecule has 0 atom stereocenters. The van der Waals surface area contributed by atoms with Crippen LogP contribution >= 0.6 is 18.3 Å². The van der Waals surface area contributed by atoms with Gasteiger partial charge in [0.25, 0.3) is 0 Å². The first kappa shape index (κ1) is 17.1. The van der Waals surface area contributed by atoms with Crippen molar-refractivity contribution in [2.24, 2.45) is 0 Å². The Bertz CT molecular complexity index is 568. The van der Waals surface area contributed by atoms with Crippen molar-refractivity contribution in [1.82, 2.24) is 0 Å². The summed E-state index contributed by atoms with van der Waals surface area (Å²) >= 11 is 6.83. The molecule has 4 heteroatoms. The summed E-state index contributed by atoms with van der Waals surface area (Å²) in [5.41, 5.74) is 2.15. The monoisotopic (exact) mass is 338 g/mol. The molecule has 2 nitrogen and oxygen atoms in total. The fourth-order valence-electron chi connectivity index (χ4n) is 2.18. The van der Waals surface area contributed by atoms with Crippen LogP contribution in [0.3, 0.4) is 0 Å². The Kier molecular flexibility index (Phi) is 6.11.